The molecule has 1 fully saturated rings. The molecule has 2 rings (SSSR count). The average Bonchev–Trinajstić information content (AvgIpc) is 3.21. The molecule has 1 aromatic rings. The molecular formula is C15H23NO2. The Morgan fingerprint density at radius 3 is 2.72 bits per heavy atom. The van der Waals surface area contributed by atoms with E-state index in [1.807, 2.05) is 18.2 Å². The summed E-state index contributed by atoms with van der Waals surface area (Å²) in [5.41, 5.74) is 1.24. The molecule has 18 heavy (non-hydrogen) atoms. The molecule has 2 unspecified atom stereocenters. The Morgan fingerprint density at radius 2 is 2.06 bits per heavy atom. The second-order valence-electron chi connectivity index (χ2n) is 5.18. The fourth-order valence-electron chi connectivity index (χ4n) is 1.89. The van der Waals surface area contributed by atoms with Gasteiger partial charge in [-0.3, -0.25) is 0 Å². The van der Waals surface area contributed by atoms with Crippen molar-refractivity contribution in [2.45, 2.75) is 31.9 Å². The molecule has 2 N–H and O–H groups in total. The number of aliphatic hydroxyl groups excluding tert-OH is 1. The van der Waals surface area contributed by atoms with E-state index in [1.165, 1.54) is 18.4 Å². The van der Waals surface area contributed by atoms with E-state index in [4.69, 9.17) is 4.74 Å². The SMILES string of the molecule is CC(NCC(O)COCC1CC1)c1ccccc1. The minimum absolute atomic E-state index is 0.254. The van der Waals surface area contributed by atoms with Crippen molar-refractivity contribution in [3.05, 3.63) is 35.9 Å². The first kappa shape index (κ1) is 13.5. The van der Waals surface area contributed by atoms with E-state index in [2.05, 4.69) is 24.4 Å². The average molecular weight is 249 g/mol. The van der Waals surface area contributed by atoms with Crippen molar-refractivity contribution < 1.29 is 9.84 Å². The minimum Gasteiger partial charge on any atom is -0.389 e. The first-order chi connectivity index (χ1) is 8.75. The van der Waals surface area contributed by atoms with Crippen LogP contribution in [-0.2, 0) is 4.74 Å². The second kappa shape index (κ2) is 6.88. The van der Waals surface area contributed by atoms with Crippen LogP contribution in [0, 0.1) is 5.92 Å². The van der Waals surface area contributed by atoms with Crippen LogP contribution in [0.3, 0.4) is 0 Å². The Balaban J connectivity index is 1.60. The number of hydrogen-bond acceptors (Lipinski definition) is 3. The zero-order chi connectivity index (χ0) is 12.8. The number of hydrogen-bond donors (Lipinski definition) is 2. The Labute approximate surface area is 109 Å². The van der Waals surface area contributed by atoms with Crippen LogP contribution < -0.4 is 5.32 Å². The minimum atomic E-state index is -0.421. The number of nitrogens with one attached hydrogen (secondary N) is 1. The highest BCUT2D eigenvalue weighted by atomic mass is 16.5. The summed E-state index contributed by atoms with van der Waals surface area (Å²) < 4.78 is 5.47. The first-order valence-corrected chi connectivity index (χ1v) is 6.80. The van der Waals surface area contributed by atoms with Crippen LogP contribution in [0.2, 0.25) is 0 Å². The molecule has 3 heteroatoms. The predicted molar refractivity (Wildman–Crippen MR) is 72.4 cm³/mol. The van der Waals surface area contributed by atoms with Crippen molar-refractivity contribution in [1.29, 1.82) is 0 Å². The van der Waals surface area contributed by atoms with Crippen LogP contribution >= 0.6 is 0 Å². The summed E-state index contributed by atoms with van der Waals surface area (Å²) in [6, 6.07) is 10.5. The number of ether oxygens (including phenoxy) is 1. The summed E-state index contributed by atoms with van der Waals surface area (Å²) >= 11 is 0. The van der Waals surface area contributed by atoms with Crippen molar-refractivity contribution in [2.75, 3.05) is 19.8 Å². The summed E-state index contributed by atoms with van der Waals surface area (Å²) in [5, 5.41) is 13.1. The normalized spacial score (nSPS) is 18.6. The van der Waals surface area contributed by atoms with Gasteiger partial charge in [-0.15, -0.1) is 0 Å². The molecule has 0 radical (unpaired) electrons. The van der Waals surface area contributed by atoms with Crippen LogP contribution in [0.15, 0.2) is 30.3 Å². The lowest BCUT2D eigenvalue weighted by atomic mass is 10.1. The van der Waals surface area contributed by atoms with Crippen molar-refractivity contribution >= 4 is 0 Å². The Hall–Kier alpha value is -0.900. The highest BCUT2D eigenvalue weighted by Gasteiger charge is 2.21. The quantitative estimate of drug-likeness (QED) is 0.741. The van der Waals surface area contributed by atoms with Gasteiger partial charge in [0.2, 0.25) is 0 Å². The molecule has 0 saturated heterocycles. The molecule has 100 valence electrons. The van der Waals surface area contributed by atoms with Crippen LogP contribution in [-0.4, -0.2) is 31.0 Å². The van der Waals surface area contributed by atoms with Crippen molar-refractivity contribution in [3.8, 4) is 0 Å². The summed E-state index contributed by atoms with van der Waals surface area (Å²) in [5.74, 6) is 0.758. The molecule has 1 aromatic carbocycles. The number of rotatable bonds is 8. The molecular weight excluding hydrogens is 226 g/mol. The smallest absolute Gasteiger partial charge is 0.0897 e. The van der Waals surface area contributed by atoms with Gasteiger partial charge in [-0.25, -0.2) is 0 Å². The molecule has 1 saturated carbocycles. The molecule has 0 aromatic heterocycles. The van der Waals surface area contributed by atoms with E-state index in [9.17, 15) is 5.11 Å². The van der Waals surface area contributed by atoms with E-state index >= 15 is 0 Å². The summed E-state index contributed by atoms with van der Waals surface area (Å²) in [6.07, 6.45) is 2.16. The number of benzene rings is 1. The predicted octanol–water partition coefficient (Wildman–Crippen LogP) is 2.12. The van der Waals surface area contributed by atoms with Gasteiger partial charge < -0.3 is 15.2 Å². The zero-order valence-corrected chi connectivity index (χ0v) is 11.0. The van der Waals surface area contributed by atoms with Gasteiger partial charge in [0.1, 0.15) is 0 Å². The highest BCUT2D eigenvalue weighted by Crippen LogP contribution is 2.28. The molecule has 1 aliphatic carbocycles. The Bertz CT molecular complexity index is 338. The third-order valence-corrected chi connectivity index (χ3v) is 3.32. The van der Waals surface area contributed by atoms with Gasteiger partial charge in [-0.2, -0.15) is 0 Å². The van der Waals surface area contributed by atoms with E-state index in [1.54, 1.807) is 0 Å². The fraction of sp³-hybridized carbons (Fsp3) is 0.600. The van der Waals surface area contributed by atoms with Gasteiger partial charge in [0, 0.05) is 19.2 Å². The van der Waals surface area contributed by atoms with E-state index in [0.717, 1.165) is 12.5 Å². The maximum atomic E-state index is 9.79. The van der Waals surface area contributed by atoms with Gasteiger partial charge in [-0.1, -0.05) is 30.3 Å². The highest BCUT2D eigenvalue weighted by molar-refractivity contribution is 5.17. The molecule has 0 amide bonds. The lowest BCUT2D eigenvalue weighted by molar-refractivity contribution is 0.0315. The standard InChI is InChI=1S/C15H23NO2/c1-12(14-5-3-2-4-6-14)16-9-15(17)11-18-10-13-7-8-13/h2-6,12-13,15-17H,7-11H2,1H3. The Morgan fingerprint density at radius 1 is 1.33 bits per heavy atom. The Kier molecular flexibility index (Phi) is 5.17. The van der Waals surface area contributed by atoms with E-state index < -0.39 is 6.10 Å². The van der Waals surface area contributed by atoms with E-state index in [-0.39, 0.29) is 6.04 Å². The lowest BCUT2D eigenvalue weighted by Gasteiger charge is -2.17. The maximum absolute atomic E-state index is 9.79. The van der Waals surface area contributed by atoms with Crippen LogP contribution in [0.4, 0.5) is 0 Å². The summed E-state index contributed by atoms with van der Waals surface area (Å²) in [4.78, 5) is 0. The summed E-state index contributed by atoms with van der Waals surface area (Å²) in [6.45, 7) is 3.92. The van der Waals surface area contributed by atoms with Gasteiger partial charge in [0.05, 0.1) is 12.7 Å². The van der Waals surface area contributed by atoms with Crippen LogP contribution in [0.5, 0.6) is 0 Å². The molecule has 0 aliphatic heterocycles. The van der Waals surface area contributed by atoms with Crippen molar-refractivity contribution in [3.63, 3.8) is 0 Å². The van der Waals surface area contributed by atoms with Crippen molar-refractivity contribution in [2.24, 2.45) is 5.92 Å². The largest absolute Gasteiger partial charge is 0.389 e. The second-order valence-corrected chi connectivity index (χ2v) is 5.18. The van der Waals surface area contributed by atoms with Gasteiger partial charge in [-0.05, 0) is 31.2 Å². The fourth-order valence-corrected chi connectivity index (χ4v) is 1.89. The topological polar surface area (TPSA) is 41.5 Å². The summed E-state index contributed by atoms with van der Waals surface area (Å²) in [7, 11) is 0. The molecule has 3 nitrogen and oxygen atoms in total. The molecule has 0 bridgehead atoms. The van der Waals surface area contributed by atoms with Gasteiger partial charge >= 0.3 is 0 Å². The zero-order valence-electron chi connectivity index (χ0n) is 11.0. The molecule has 0 heterocycles. The lowest BCUT2D eigenvalue weighted by Crippen LogP contribution is -2.32. The van der Waals surface area contributed by atoms with Crippen LogP contribution in [0.25, 0.3) is 0 Å². The monoisotopic (exact) mass is 249 g/mol. The number of aliphatic hydroxyl groups is 1. The maximum Gasteiger partial charge on any atom is 0.0897 e. The molecule has 1 aliphatic rings. The van der Waals surface area contributed by atoms with Crippen LogP contribution in [0.1, 0.15) is 31.4 Å². The van der Waals surface area contributed by atoms with Crippen molar-refractivity contribution in [1.82, 2.24) is 5.32 Å². The van der Waals surface area contributed by atoms with E-state index in [0.29, 0.717) is 13.2 Å². The third-order valence-electron chi connectivity index (χ3n) is 3.32. The van der Waals surface area contributed by atoms with Gasteiger partial charge in [0.25, 0.3) is 0 Å². The molecule has 0 spiro atoms. The third kappa shape index (κ3) is 4.77. The van der Waals surface area contributed by atoms with Gasteiger partial charge in [0.15, 0.2) is 0 Å². The molecule has 2 atom stereocenters. The first-order valence-electron chi connectivity index (χ1n) is 6.80.